The minimum Gasteiger partial charge on any atom is -0.501 e. The van der Waals surface area contributed by atoms with E-state index >= 15 is 0 Å². The van der Waals surface area contributed by atoms with Crippen LogP contribution in [0.3, 0.4) is 0 Å². The van der Waals surface area contributed by atoms with E-state index in [-0.39, 0.29) is 123 Å². The summed E-state index contributed by atoms with van der Waals surface area (Å²) >= 11 is 17.1. The van der Waals surface area contributed by atoms with Gasteiger partial charge in [0.25, 0.3) is 17.3 Å². The van der Waals surface area contributed by atoms with Crippen molar-refractivity contribution < 1.29 is 154 Å². The number of aromatic hydroxyl groups is 1. The first-order valence-electron chi connectivity index (χ1n) is 39.5. The molecule has 0 bridgehead atoms. The Hall–Kier alpha value is -7.61. The molecule has 3 saturated heterocycles. The van der Waals surface area contributed by atoms with Gasteiger partial charge in [-0.25, -0.2) is 28.8 Å². The second kappa shape index (κ2) is 58.9. The lowest BCUT2D eigenvalue weighted by Gasteiger charge is -2.35. The molecule has 7 N–H and O–H groups in total. The van der Waals surface area contributed by atoms with Crippen LogP contribution in [-0.4, -0.2) is 238 Å². The van der Waals surface area contributed by atoms with Gasteiger partial charge in [-0.05, 0) is 113 Å². The Bertz CT molecular complexity index is 4460. The number of ketones is 2. The first-order valence-corrected chi connectivity index (χ1v) is 49.0. The summed E-state index contributed by atoms with van der Waals surface area (Å²) in [5.41, 5.74) is 2.73. The summed E-state index contributed by atoms with van der Waals surface area (Å²) in [6, 6.07) is 4.71. The highest BCUT2D eigenvalue weighted by molar-refractivity contribution is 15.0. The number of quaternary nitrogens is 1. The SMILES string of the molecule is C.CCOc1cc2[n+](c(C(=O)OC)c1OC)C(CO)CC2.CI.COC(=O)c1oc(CCC(C)CO)cc(=O)c1OC.COC(=O)c1oc(CCC2COC(C)(C)N2C(=O)OC(C)(C)C)cc(=O)c1O.COC(=O)c1oc(CCC2COC(C)(C)N2C(=O)OC(C)(C)C)cc(=O)c1OC.COC1=C(C(=O)CCCCl)[NH+]2C(=CC1=O)CCC2CO.FF.II.NCCCl.[HH]. The molecule has 3 fully saturated rings. The maximum atomic E-state index is 12.7. The van der Waals surface area contributed by atoms with E-state index in [1.807, 2.05) is 24.8 Å². The monoisotopic (exact) mass is 2190 g/mol. The number of Topliss-reactive ketones (excluding diaryl/α,β-unsaturated/α-hetero) is 1. The number of aryl methyl sites for hydroxylation is 4. The number of rotatable bonds is 27. The Morgan fingerprint density at radius 3 is 1.46 bits per heavy atom. The van der Waals surface area contributed by atoms with Crippen LogP contribution < -0.4 is 50.4 Å². The number of fused-ring (bicyclic) bond motifs is 2. The average molecular weight is 2190 g/mol. The molecule has 0 saturated carbocycles. The zero-order valence-electron chi connectivity index (χ0n) is 75.0. The smallest absolute Gasteiger partial charge is 0.412 e. The van der Waals surface area contributed by atoms with Gasteiger partial charge >= 0.3 is 41.8 Å². The lowest BCUT2D eigenvalue weighted by Crippen LogP contribution is -3.12. The molecule has 0 aliphatic carbocycles. The molecule has 4 aromatic rings. The van der Waals surface area contributed by atoms with Crippen LogP contribution in [0.4, 0.5) is 18.7 Å². The van der Waals surface area contributed by atoms with Gasteiger partial charge in [0.15, 0.2) is 17.5 Å². The number of pyridine rings is 1. The van der Waals surface area contributed by atoms with E-state index in [2.05, 4.69) is 74.0 Å². The van der Waals surface area contributed by atoms with Gasteiger partial charge in [0.2, 0.25) is 62.3 Å². The van der Waals surface area contributed by atoms with Gasteiger partial charge in [-0.1, -0.05) is 36.9 Å². The van der Waals surface area contributed by atoms with Crippen molar-refractivity contribution in [3.63, 3.8) is 0 Å². The number of alkyl halides is 3. The van der Waals surface area contributed by atoms with E-state index in [0.29, 0.717) is 105 Å². The summed E-state index contributed by atoms with van der Waals surface area (Å²) in [5, 5.41) is 37.6. The van der Waals surface area contributed by atoms with Gasteiger partial charge in [0.1, 0.15) is 58.3 Å². The Labute approximate surface area is 787 Å². The third kappa shape index (κ3) is 35.2. The molecule has 0 radical (unpaired) electrons. The van der Waals surface area contributed by atoms with E-state index in [4.69, 9.17) is 104 Å². The number of hydrogen-bond donors (Lipinski definition) is 6. The Kier molecular flexibility index (Phi) is 55.4. The number of carbonyl (C=O) groups excluding carboxylic acids is 8. The first kappa shape index (κ1) is 119. The second-order valence-corrected chi connectivity index (χ2v) is 31.3. The van der Waals surface area contributed by atoms with E-state index in [1.54, 1.807) is 78.7 Å². The molecule has 0 spiro atoms. The summed E-state index contributed by atoms with van der Waals surface area (Å²) in [6.45, 7) is 23.3. The van der Waals surface area contributed by atoms with Crippen molar-refractivity contribution in [2.75, 3.05) is 120 Å². The summed E-state index contributed by atoms with van der Waals surface area (Å²) in [4.78, 5) is 139. The molecule has 2 amide bonds. The largest absolute Gasteiger partial charge is 0.501 e. The van der Waals surface area contributed by atoms with Crippen molar-refractivity contribution in [3.05, 3.63) is 124 Å². The number of esters is 4. The fourth-order valence-corrected chi connectivity index (χ4v) is 13.3. The van der Waals surface area contributed by atoms with Gasteiger partial charge in [-0.15, -0.1) is 23.2 Å². The number of nitrogens with two attached hydrogens (primary N) is 1. The number of carbonyl (C=O) groups is 8. The van der Waals surface area contributed by atoms with Crippen molar-refractivity contribution in [1.29, 1.82) is 0 Å². The zero-order valence-corrected chi connectivity index (χ0v) is 83.0. The van der Waals surface area contributed by atoms with Gasteiger partial charge in [-0.3, -0.25) is 38.7 Å². The number of amides is 2. The van der Waals surface area contributed by atoms with E-state index < -0.39 is 86.5 Å². The number of aromatic nitrogens is 1. The summed E-state index contributed by atoms with van der Waals surface area (Å²) in [5.74, 6) is -2.74. The summed E-state index contributed by atoms with van der Waals surface area (Å²) < 4.78 is 101. The number of nitrogens with one attached hydrogen (secondary N) is 1. The van der Waals surface area contributed by atoms with Crippen molar-refractivity contribution in [1.82, 2.24) is 9.80 Å². The predicted molar refractivity (Wildman–Crippen MR) is 491 cm³/mol. The van der Waals surface area contributed by atoms with E-state index in [0.717, 1.165) is 55.2 Å². The van der Waals surface area contributed by atoms with E-state index in [9.17, 15) is 68.1 Å². The number of aliphatic hydroxyl groups is 3. The molecule has 9 heterocycles. The summed E-state index contributed by atoms with van der Waals surface area (Å²) in [7, 11) is 10.3. The number of nitrogens with zero attached hydrogens (tertiary/aromatic N) is 3. The quantitative estimate of drug-likeness (QED) is 0.0106. The summed E-state index contributed by atoms with van der Waals surface area (Å²) in [6.07, 6.45) is 6.91. The van der Waals surface area contributed by atoms with Crippen molar-refractivity contribution >= 4 is 131 Å². The van der Waals surface area contributed by atoms with Crippen LogP contribution in [0, 0.1) is 5.92 Å². The minimum absolute atomic E-state index is 0. The van der Waals surface area contributed by atoms with Crippen LogP contribution in [0.15, 0.2) is 75.1 Å². The zero-order chi connectivity index (χ0) is 96.5. The molecule has 36 nitrogen and oxygen atoms in total. The highest BCUT2D eigenvalue weighted by atomic mass is 128. The fourth-order valence-electron chi connectivity index (χ4n) is 13.2. The van der Waals surface area contributed by atoms with Gasteiger partial charge in [0.05, 0.1) is 101 Å². The molecule has 4 aromatic heterocycles. The molecule has 5 aliphatic rings. The number of allylic oxidation sites excluding steroid dienone is 3. The lowest BCUT2D eigenvalue weighted by molar-refractivity contribution is -0.834. The van der Waals surface area contributed by atoms with Gasteiger partial charge < -0.3 is 101 Å². The molecule has 5 aliphatic heterocycles. The molecule has 722 valence electrons. The number of aliphatic hydroxyl groups excluding tert-OH is 3. The number of hydrogen-bond acceptors (Lipinski definition) is 32. The number of ether oxygens (including phenoxy) is 13. The molecule has 9 rings (SSSR count). The standard InChI is InChI=1S/C20H29NO8.C19H27NO8.C14H18ClNO4.C14H20NO5.C13H18O6.C2H6ClN.CH3I.CH4.F2.I2.H2/c1-19(2,3)29-18(24)21-12(11-27-20(21,4)5)8-9-13-10-14(22)15(25-6)16(28-13)17(23)26-7;1-18(2,3)28-17(24)20-11(10-26-19(20,4)5)7-8-12-9-13(21)14(22)15(27-12)16(23)25-6;1-20-14-12(19)7-9-4-5-10(8-17)16(9)13(14)11(18)3-2-6-15;1-4-20-11-7-9-5-6-10(8-16)15(9)12(13(11)18-2)14(17)19-3;1-8(7-14)4-5-9-6-10(15)11(17-2)12(19-9)13(16)18-3;3-1-2-4;1-2;;2*1-2;/h10,12H,8-9,11H2,1-7H3;9,11,22H,7-8,10H2,1-6H3;7,10,17H,2-6,8H2,1H3;7,10,16H,4-6,8H2,1-3H3;6,8,14H,4-5,7H2,1-3H3;1-2,4H2;1H3;1H4;;;1H/q;;;+1;;;;;;;/p+1. The highest BCUT2D eigenvalue weighted by Gasteiger charge is 2.49. The molecular formula is C84H128Cl2F2I3N5O31+2. The first-order chi connectivity index (χ1) is 59.5. The van der Waals surface area contributed by atoms with Crippen LogP contribution in [0.2, 0.25) is 0 Å². The minimum atomic E-state index is -0.947. The molecule has 127 heavy (non-hydrogen) atoms. The maximum absolute atomic E-state index is 12.7. The maximum Gasteiger partial charge on any atom is 0.412 e. The van der Waals surface area contributed by atoms with Gasteiger partial charge in [0, 0.05) is 148 Å². The Morgan fingerprint density at radius 1 is 0.646 bits per heavy atom. The second-order valence-electron chi connectivity index (χ2n) is 30.6. The Morgan fingerprint density at radius 2 is 1.08 bits per heavy atom. The highest BCUT2D eigenvalue weighted by Crippen LogP contribution is 2.37. The normalized spacial score (nSPS) is 17.2. The third-order valence-corrected chi connectivity index (χ3v) is 19.2. The van der Waals surface area contributed by atoms with Crippen LogP contribution >= 0.6 is 83.0 Å². The molecule has 6 unspecified atom stereocenters. The van der Waals surface area contributed by atoms with Gasteiger partial charge in [-0.2, -0.15) is 4.57 Å². The van der Waals surface area contributed by atoms with Crippen molar-refractivity contribution in [3.8, 4) is 28.7 Å². The molecule has 6 atom stereocenters. The fraction of sp³-hybridized carbons (Fsp3) is 0.619. The molecular weight excluding hydrogens is 2060 g/mol. The Balaban J connectivity index is 0. The average Bonchev–Trinajstić information content (AvgIpc) is 1.56. The van der Waals surface area contributed by atoms with Crippen LogP contribution in [0.1, 0.15) is 214 Å². The van der Waals surface area contributed by atoms with Crippen LogP contribution in [0.5, 0.6) is 28.7 Å². The predicted octanol–water partition coefficient (Wildman–Crippen LogP) is 11.5. The van der Waals surface area contributed by atoms with Crippen molar-refractivity contribution in [2.45, 2.75) is 214 Å². The van der Waals surface area contributed by atoms with Crippen LogP contribution in [-0.2, 0) is 77.9 Å². The lowest BCUT2D eigenvalue weighted by atomic mass is 10.0. The number of methoxy groups -OCH3 is 8. The topological polar surface area (TPSA) is 469 Å². The number of halogens is 7. The molecule has 0 aromatic carbocycles. The van der Waals surface area contributed by atoms with Crippen molar-refractivity contribution in [2.24, 2.45) is 11.7 Å². The molecule has 43 heteroatoms. The van der Waals surface area contributed by atoms with Crippen LogP contribution in [0.25, 0.3) is 0 Å². The third-order valence-electron chi connectivity index (χ3n) is 18.7. The van der Waals surface area contributed by atoms with E-state index in [1.165, 1.54) is 72.9 Å².